The topological polar surface area (TPSA) is 45.8 Å². The molecule has 0 radical (unpaired) electrons. The molecule has 1 heterocycles. The zero-order valence-corrected chi connectivity index (χ0v) is 11.3. The van der Waals surface area contributed by atoms with Gasteiger partial charge in [0.2, 0.25) is 0 Å². The minimum Gasteiger partial charge on any atom is -0.306 e. The molecule has 1 aromatic heterocycles. The molecule has 3 nitrogen and oxygen atoms in total. The molecule has 0 spiro atoms. The lowest BCUT2D eigenvalue weighted by atomic mass is 10.2. The maximum atomic E-state index is 13.1. The van der Waals surface area contributed by atoms with Gasteiger partial charge in [0.1, 0.15) is 10.3 Å². The van der Waals surface area contributed by atoms with Crippen molar-refractivity contribution in [2.75, 3.05) is 0 Å². The summed E-state index contributed by atoms with van der Waals surface area (Å²) in [5, 5.41) is 0. The van der Waals surface area contributed by atoms with E-state index < -0.39 is 23.0 Å². The van der Waals surface area contributed by atoms with Crippen molar-refractivity contribution in [2.24, 2.45) is 0 Å². The molecule has 2 rings (SSSR count). The number of rotatable bonds is 2. The summed E-state index contributed by atoms with van der Waals surface area (Å²) in [6.45, 7) is 1.78. The number of H-pyrrole nitrogens is 1. The van der Waals surface area contributed by atoms with Crippen molar-refractivity contribution < 1.29 is 13.2 Å². The summed E-state index contributed by atoms with van der Waals surface area (Å²) in [6, 6.07) is 1.56. The van der Waals surface area contributed by atoms with E-state index in [1.165, 1.54) is 0 Å². The smallest absolute Gasteiger partial charge is 0.265 e. The first-order valence-corrected chi connectivity index (χ1v) is 6.17. The first-order chi connectivity index (χ1) is 8.93. The van der Waals surface area contributed by atoms with Crippen molar-refractivity contribution >= 4 is 15.9 Å². The molecule has 0 aliphatic carbocycles. The fraction of sp³-hybridized carbons (Fsp3) is 0.167. The van der Waals surface area contributed by atoms with E-state index >= 15 is 0 Å². The van der Waals surface area contributed by atoms with E-state index in [0.29, 0.717) is 12.1 Å². The number of halogens is 4. The summed E-state index contributed by atoms with van der Waals surface area (Å²) >= 11 is 3.07. The molecule has 2 aromatic rings. The van der Waals surface area contributed by atoms with Crippen LogP contribution in [0.4, 0.5) is 13.2 Å². The maximum Gasteiger partial charge on any atom is 0.265 e. The van der Waals surface area contributed by atoms with Gasteiger partial charge in [-0.1, -0.05) is 6.92 Å². The summed E-state index contributed by atoms with van der Waals surface area (Å²) in [7, 11) is 0. The van der Waals surface area contributed by atoms with Gasteiger partial charge in [0, 0.05) is 5.56 Å². The van der Waals surface area contributed by atoms with Crippen LogP contribution in [0.5, 0.6) is 0 Å². The highest BCUT2D eigenvalue weighted by Gasteiger charge is 2.14. The van der Waals surface area contributed by atoms with Gasteiger partial charge in [-0.3, -0.25) is 4.79 Å². The second kappa shape index (κ2) is 5.16. The molecule has 0 fully saturated rings. The Morgan fingerprint density at radius 2 is 1.84 bits per heavy atom. The molecule has 0 aliphatic heterocycles. The normalized spacial score (nSPS) is 10.8. The molecule has 1 aromatic carbocycles. The van der Waals surface area contributed by atoms with Crippen LogP contribution in [0.15, 0.2) is 21.4 Å². The molecule has 0 unspecified atom stereocenters. The third kappa shape index (κ3) is 2.56. The van der Waals surface area contributed by atoms with E-state index in [9.17, 15) is 18.0 Å². The second-order valence-corrected chi connectivity index (χ2v) is 4.58. The molecular weight excluding hydrogens is 325 g/mol. The Morgan fingerprint density at radius 1 is 1.26 bits per heavy atom. The minimum atomic E-state index is -1.56. The number of hydrogen-bond acceptors (Lipinski definition) is 2. The van der Waals surface area contributed by atoms with E-state index in [4.69, 9.17) is 0 Å². The number of nitrogens with zero attached hydrogens (tertiary/aromatic N) is 1. The Morgan fingerprint density at radius 3 is 2.37 bits per heavy atom. The molecule has 0 saturated heterocycles. The van der Waals surface area contributed by atoms with Crippen LogP contribution >= 0.6 is 15.9 Å². The lowest BCUT2D eigenvalue weighted by Crippen LogP contribution is -2.13. The van der Waals surface area contributed by atoms with Gasteiger partial charge in [-0.15, -0.1) is 0 Å². The second-order valence-electron chi connectivity index (χ2n) is 3.78. The Hall–Kier alpha value is -1.63. The largest absolute Gasteiger partial charge is 0.306 e. The molecule has 0 aliphatic rings. The highest BCUT2D eigenvalue weighted by Crippen LogP contribution is 2.21. The van der Waals surface area contributed by atoms with Crippen molar-refractivity contribution in [2.45, 2.75) is 13.3 Å². The predicted molar refractivity (Wildman–Crippen MR) is 67.2 cm³/mol. The van der Waals surface area contributed by atoms with Crippen LogP contribution in [-0.2, 0) is 6.42 Å². The monoisotopic (exact) mass is 332 g/mol. The summed E-state index contributed by atoms with van der Waals surface area (Å²) < 4.78 is 39.4. The maximum absolute atomic E-state index is 13.1. The van der Waals surface area contributed by atoms with Crippen molar-refractivity contribution in [3.05, 3.63) is 50.1 Å². The molecule has 19 heavy (non-hydrogen) atoms. The Balaban J connectivity index is 2.66. The van der Waals surface area contributed by atoms with Gasteiger partial charge in [-0.05, 0) is 34.5 Å². The van der Waals surface area contributed by atoms with Gasteiger partial charge < -0.3 is 4.98 Å². The van der Waals surface area contributed by atoms with Crippen molar-refractivity contribution in [3.8, 4) is 11.4 Å². The van der Waals surface area contributed by atoms with Crippen LogP contribution in [0.25, 0.3) is 11.4 Å². The fourth-order valence-corrected chi connectivity index (χ4v) is 2.04. The quantitative estimate of drug-likeness (QED) is 0.858. The zero-order chi connectivity index (χ0) is 14.2. The summed E-state index contributed by atoms with van der Waals surface area (Å²) in [4.78, 5) is 18.1. The lowest BCUT2D eigenvalue weighted by Gasteiger charge is -2.06. The minimum absolute atomic E-state index is 0.0112. The standard InChI is InChI=1S/C12H8BrF3N2O/c1-2-8-9(13)12(19)18-11(17-8)5-3-6(14)10(16)7(15)4-5/h3-4H,2H2,1H3,(H,17,18,19). The third-order valence-corrected chi connectivity index (χ3v) is 3.34. The molecule has 0 bridgehead atoms. The van der Waals surface area contributed by atoms with E-state index in [1.54, 1.807) is 6.92 Å². The van der Waals surface area contributed by atoms with Gasteiger partial charge in [-0.2, -0.15) is 0 Å². The first kappa shape index (κ1) is 13.8. The molecular formula is C12H8BrF3N2O. The first-order valence-electron chi connectivity index (χ1n) is 5.37. The zero-order valence-electron chi connectivity index (χ0n) is 9.73. The van der Waals surface area contributed by atoms with Gasteiger partial charge in [0.25, 0.3) is 5.56 Å². The number of aromatic amines is 1. The summed E-state index contributed by atoms with van der Waals surface area (Å²) in [5.41, 5.74) is -0.0495. The molecule has 0 saturated carbocycles. The predicted octanol–water partition coefficient (Wildman–Crippen LogP) is 3.18. The number of aromatic nitrogens is 2. The van der Waals surface area contributed by atoms with Crippen LogP contribution in [0, 0.1) is 17.5 Å². The number of aryl methyl sites for hydroxylation is 1. The van der Waals surface area contributed by atoms with Crippen LogP contribution in [0.1, 0.15) is 12.6 Å². The van der Waals surface area contributed by atoms with Crippen LogP contribution < -0.4 is 5.56 Å². The van der Waals surface area contributed by atoms with Crippen molar-refractivity contribution in [3.63, 3.8) is 0 Å². The van der Waals surface area contributed by atoms with Gasteiger partial charge in [-0.25, -0.2) is 18.2 Å². The fourth-order valence-electron chi connectivity index (χ4n) is 1.57. The van der Waals surface area contributed by atoms with E-state index in [-0.39, 0.29) is 15.9 Å². The lowest BCUT2D eigenvalue weighted by molar-refractivity contribution is 0.447. The molecule has 1 N–H and O–H groups in total. The van der Waals surface area contributed by atoms with E-state index in [2.05, 4.69) is 25.9 Å². The van der Waals surface area contributed by atoms with Crippen molar-refractivity contribution in [1.29, 1.82) is 0 Å². The van der Waals surface area contributed by atoms with Gasteiger partial charge in [0.15, 0.2) is 17.5 Å². The van der Waals surface area contributed by atoms with E-state index in [0.717, 1.165) is 12.1 Å². The Labute approximate surface area is 114 Å². The molecule has 0 amide bonds. The third-order valence-electron chi connectivity index (χ3n) is 2.52. The SMILES string of the molecule is CCc1nc(-c2cc(F)c(F)c(F)c2)[nH]c(=O)c1Br. The van der Waals surface area contributed by atoms with Crippen LogP contribution in [-0.4, -0.2) is 9.97 Å². The van der Waals surface area contributed by atoms with E-state index in [1.807, 2.05) is 0 Å². The van der Waals surface area contributed by atoms with Crippen LogP contribution in [0.3, 0.4) is 0 Å². The summed E-state index contributed by atoms with van der Waals surface area (Å²) in [6.07, 6.45) is 0.462. The number of benzene rings is 1. The van der Waals surface area contributed by atoms with Crippen molar-refractivity contribution in [1.82, 2.24) is 9.97 Å². The highest BCUT2D eigenvalue weighted by molar-refractivity contribution is 9.10. The summed E-state index contributed by atoms with van der Waals surface area (Å²) in [5.74, 6) is -4.24. The highest BCUT2D eigenvalue weighted by atomic mass is 79.9. The Kier molecular flexibility index (Phi) is 3.75. The average Bonchev–Trinajstić information content (AvgIpc) is 2.38. The van der Waals surface area contributed by atoms with Crippen LogP contribution in [0.2, 0.25) is 0 Å². The number of hydrogen-bond donors (Lipinski definition) is 1. The van der Waals surface area contributed by atoms with Gasteiger partial charge in [0.05, 0.1) is 5.69 Å². The van der Waals surface area contributed by atoms with Gasteiger partial charge >= 0.3 is 0 Å². The molecule has 100 valence electrons. The average molecular weight is 333 g/mol. The Bertz CT molecular complexity index is 677. The number of nitrogens with one attached hydrogen (secondary N) is 1. The molecule has 0 atom stereocenters. The molecule has 7 heteroatoms.